The van der Waals surface area contributed by atoms with Gasteiger partial charge in [0.2, 0.25) is 0 Å². The smallest absolute Gasteiger partial charge is 0.267 e. The predicted octanol–water partition coefficient (Wildman–Crippen LogP) is 5.15. The Balaban J connectivity index is 1.52. The molecule has 4 heteroatoms. The van der Waals surface area contributed by atoms with Crippen molar-refractivity contribution in [2.24, 2.45) is 5.92 Å². The average Bonchev–Trinajstić information content (AvgIpc) is 3.30. The fraction of sp³-hybridized carbons (Fsp3) is 0.259. The number of benzene rings is 3. The van der Waals surface area contributed by atoms with Crippen molar-refractivity contribution in [1.29, 1.82) is 0 Å². The molecule has 156 valence electrons. The van der Waals surface area contributed by atoms with Gasteiger partial charge in [0.15, 0.2) is 0 Å². The molecule has 0 N–H and O–H groups in total. The molecule has 31 heavy (non-hydrogen) atoms. The molecular formula is C27H26N2O2. The SMILES string of the molecule is C[C@@]12C[C@H](c3ccccc3)C[C@@H]1CN(C(=O)c1ccccc1)N2C(=O)c1ccccc1. The van der Waals surface area contributed by atoms with Gasteiger partial charge in [0.1, 0.15) is 0 Å². The lowest BCUT2D eigenvalue weighted by molar-refractivity contribution is -0.0151. The fourth-order valence-electron chi connectivity index (χ4n) is 5.37. The van der Waals surface area contributed by atoms with E-state index >= 15 is 0 Å². The number of carbonyl (C=O) groups is 2. The van der Waals surface area contributed by atoms with Crippen LogP contribution in [0.3, 0.4) is 0 Å². The van der Waals surface area contributed by atoms with E-state index in [1.54, 1.807) is 10.0 Å². The van der Waals surface area contributed by atoms with E-state index in [1.165, 1.54) is 5.56 Å². The zero-order valence-electron chi connectivity index (χ0n) is 17.6. The summed E-state index contributed by atoms with van der Waals surface area (Å²) in [4.78, 5) is 27.2. The minimum atomic E-state index is -0.405. The van der Waals surface area contributed by atoms with E-state index in [0.717, 1.165) is 12.8 Å². The number of amides is 2. The van der Waals surface area contributed by atoms with Gasteiger partial charge in [-0.25, -0.2) is 10.0 Å². The summed E-state index contributed by atoms with van der Waals surface area (Å²) >= 11 is 0. The standard InChI is InChI=1S/C27H26N2O2/c1-27-18-23(20-11-5-2-6-12-20)17-24(27)19-28(25(30)21-13-7-3-8-14-21)29(27)26(31)22-15-9-4-10-16-22/h2-16,23-24H,17-19H2,1H3/t23-,24-,27-/m1/s1. The number of nitrogens with zero attached hydrogens (tertiary/aromatic N) is 2. The molecule has 2 aliphatic rings. The Morgan fingerprint density at radius 2 is 1.29 bits per heavy atom. The molecule has 3 aromatic carbocycles. The molecule has 2 amide bonds. The van der Waals surface area contributed by atoms with Crippen LogP contribution in [0.15, 0.2) is 91.0 Å². The van der Waals surface area contributed by atoms with Crippen LogP contribution >= 0.6 is 0 Å². The van der Waals surface area contributed by atoms with Gasteiger partial charge in [-0.05, 0) is 55.5 Å². The van der Waals surface area contributed by atoms with Gasteiger partial charge in [-0.3, -0.25) is 9.59 Å². The first-order valence-corrected chi connectivity index (χ1v) is 10.9. The van der Waals surface area contributed by atoms with Crippen molar-refractivity contribution in [3.05, 3.63) is 108 Å². The number of hydrogen-bond acceptors (Lipinski definition) is 2. The van der Waals surface area contributed by atoms with E-state index in [0.29, 0.717) is 23.6 Å². The van der Waals surface area contributed by atoms with Crippen LogP contribution in [0, 0.1) is 5.92 Å². The van der Waals surface area contributed by atoms with Gasteiger partial charge in [-0.1, -0.05) is 66.7 Å². The van der Waals surface area contributed by atoms with Crippen LogP contribution in [0.25, 0.3) is 0 Å². The first-order chi connectivity index (χ1) is 15.1. The number of carbonyl (C=O) groups excluding carboxylic acids is 2. The largest absolute Gasteiger partial charge is 0.272 e. The quantitative estimate of drug-likeness (QED) is 0.599. The Labute approximate surface area is 183 Å². The molecule has 1 aliphatic carbocycles. The fourth-order valence-corrected chi connectivity index (χ4v) is 5.37. The van der Waals surface area contributed by atoms with Crippen molar-refractivity contribution in [2.45, 2.75) is 31.2 Å². The lowest BCUT2D eigenvalue weighted by Gasteiger charge is -2.39. The summed E-state index contributed by atoms with van der Waals surface area (Å²) in [5.41, 5.74) is 2.12. The molecular weight excluding hydrogens is 384 g/mol. The molecule has 4 nitrogen and oxygen atoms in total. The monoisotopic (exact) mass is 410 g/mol. The lowest BCUT2D eigenvalue weighted by atomic mass is 9.89. The summed E-state index contributed by atoms with van der Waals surface area (Å²) in [5.74, 6) is 0.398. The van der Waals surface area contributed by atoms with E-state index in [4.69, 9.17) is 0 Å². The highest BCUT2D eigenvalue weighted by Gasteiger charge is 2.58. The highest BCUT2D eigenvalue weighted by atomic mass is 16.2. The maximum absolute atomic E-state index is 13.7. The minimum Gasteiger partial charge on any atom is -0.267 e. The number of hydrogen-bond donors (Lipinski definition) is 0. The van der Waals surface area contributed by atoms with Crippen LogP contribution in [0.5, 0.6) is 0 Å². The zero-order chi connectivity index (χ0) is 21.4. The van der Waals surface area contributed by atoms with Crippen LogP contribution in [-0.4, -0.2) is 33.9 Å². The van der Waals surface area contributed by atoms with Crippen molar-refractivity contribution < 1.29 is 9.59 Å². The first kappa shape index (κ1) is 19.6. The lowest BCUT2D eigenvalue weighted by Crippen LogP contribution is -2.54. The molecule has 0 unspecified atom stereocenters. The van der Waals surface area contributed by atoms with Gasteiger partial charge >= 0.3 is 0 Å². The molecule has 0 bridgehead atoms. The number of rotatable bonds is 3. The maximum atomic E-state index is 13.7. The first-order valence-electron chi connectivity index (χ1n) is 10.9. The van der Waals surface area contributed by atoms with Crippen LogP contribution in [-0.2, 0) is 0 Å². The molecule has 1 saturated heterocycles. The zero-order valence-corrected chi connectivity index (χ0v) is 17.6. The second-order valence-corrected chi connectivity index (χ2v) is 8.84. The van der Waals surface area contributed by atoms with Crippen molar-refractivity contribution in [1.82, 2.24) is 10.0 Å². The van der Waals surface area contributed by atoms with E-state index in [2.05, 4.69) is 31.2 Å². The third-order valence-electron chi connectivity index (χ3n) is 6.97. The van der Waals surface area contributed by atoms with E-state index in [9.17, 15) is 9.59 Å². The summed E-state index contributed by atoms with van der Waals surface area (Å²) in [5, 5.41) is 3.46. The van der Waals surface area contributed by atoms with Crippen molar-refractivity contribution in [3.63, 3.8) is 0 Å². The topological polar surface area (TPSA) is 40.6 Å². The Bertz CT molecular complexity index is 1080. The third kappa shape index (κ3) is 3.32. The second-order valence-electron chi connectivity index (χ2n) is 8.84. The molecule has 0 aromatic heterocycles. The summed E-state index contributed by atoms with van der Waals surface area (Å²) in [7, 11) is 0. The summed E-state index contributed by atoms with van der Waals surface area (Å²) < 4.78 is 0. The van der Waals surface area contributed by atoms with Crippen LogP contribution < -0.4 is 0 Å². The van der Waals surface area contributed by atoms with Gasteiger partial charge < -0.3 is 0 Å². The Kier molecular flexibility index (Phi) is 4.85. The molecule has 1 saturated carbocycles. The van der Waals surface area contributed by atoms with E-state index < -0.39 is 5.54 Å². The Morgan fingerprint density at radius 3 is 1.87 bits per heavy atom. The highest BCUT2D eigenvalue weighted by molar-refractivity contribution is 6.00. The Hall–Kier alpha value is -3.40. The molecule has 0 spiro atoms. The molecule has 3 aromatic rings. The molecule has 0 radical (unpaired) electrons. The molecule has 2 fully saturated rings. The van der Waals surface area contributed by atoms with E-state index in [1.807, 2.05) is 66.7 Å². The van der Waals surface area contributed by atoms with Crippen LogP contribution in [0.2, 0.25) is 0 Å². The Morgan fingerprint density at radius 1 is 0.774 bits per heavy atom. The summed E-state index contributed by atoms with van der Waals surface area (Å²) in [6.45, 7) is 2.71. The maximum Gasteiger partial charge on any atom is 0.272 e. The van der Waals surface area contributed by atoms with Gasteiger partial charge in [0.25, 0.3) is 11.8 Å². The van der Waals surface area contributed by atoms with Gasteiger partial charge in [-0.15, -0.1) is 0 Å². The van der Waals surface area contributed by atoms with Crippen LogP contribution in [0.4, 0.5) is 0 Å². The molecule has 1 aliphatic heterocycles. The normalized spacial score (nSPS) is 24.8. The van der Waals surface area contributed by atoms with Gasteiger partial charge in [0.05, 0.1) is 5.54 Å². The predicted molar refractivity (Wildman–Crippen MR) is 120 cm³/mol. The van der Waals surface area contributed by atoms with E-state index in [-0.39, 0.29) is 17.7 Å². The van der Waals surface area contributed by atoms with Crippen molar-refractivity contribution in [3.8, 4) is 0 Å². The molecule has 1 heterocycles. The third-order valence-corrected chi connectivity index (χ3v) is 6.97. The van der Waals surface area contributed by atoms with Crippen molar-refractivity contribution >= 4 is 11.8 Å². The summed E-state index contributed by atoms with van der Waals surface area (Å²) in [6, 6.07) is 29.1. The second kappa shape index (κ2) is 7.69. The minimum absolute atomic E-state index is 0.108. The van der Waals surface area contributed by atoms with Crippen molar-refractivity contribution in [2.75, 3.05) is 6.54 Å². The highest BCUT2D eigenvalue weighted by Crippen LogP contribution is 2.53. The summed E-state index contributed by atoms with van der Waals surface area (Å²) in [6.07, 6.45) is 1.82. The average molecular weight is 411 g/mol. The number of hydrazine groups is 1. The number of fused-ring (bicyclic) bond motifs is 1. The molecule has 5 rings (SSSR count). The molecule has 3 atom stereocenters. The van der Waals surface area contributed by atoms with Gasteiger partial charge in [0, 0.05) is 23.6 Å². The van der Waals surface area contributed by atoms with Crippen LogP contribution in [0.1, 0.15) is 52.0 Å². The van der Waals surface area contributed by atoms with Gasteiger partial charge in [-0.2, -0.15) is 0 Å².